The van der Waals surface area contributed by atoms with E-state index in [2.05, 4.69) is 36.1 Å². The van der Waals surface area contributed by atoms with Crippen LogP contribution in [0.1, 0.15) is 24.2 Å². The van der Waals surface area contributed by atoms with Crippen LogP contribution in [0.25, 0.3) is 0 Å². The van der Waals surface area contributed by atoms with Gasteiger partial charge in [0.05, 0.1) is 5.92 Å². The van der Waals surface area contributed by atoms with Crippen LogP contribution in [0, 0.1) is 19.8 Å². The van der Waals surface area contributed by atoms with E-state index in [4.69, 9.17) is 0 Å². The van der Waals surface area contributed by atoms with Crippen molar-refractivity contribution in [3.05, 3.63) is 46.2 Å². The van der Waals surface area contributed by atoms with Crippen molar-refractivity contribution in [3.8, 4) is 0 Å². The van der Waals surface area contributed by atoms with Gasteiger partial charge in [0.1, 0.15) is 0 Å². The molecule has 1 aromatic heterocycles. The molecule has 1 aromatic carbocycles. The Morgan fingerprint density at radius 1 is 1.21 bits per heavy atom. The van der Waals surface area contributed by atoms with Gasteiger partial charge in [0.2, 0.25) is 11.9 Å². The number of benzene rings is 1. The highest BCUT2D eigenvalue weighted by Gasteiger charge is 2.27. The normalized spacial score (nSPS) is 17.6. The van der Waals surface area contributed by atoms with Crippen LogP contribution in [0.2, 0.25) is 0 Å². The molecule has 3 rings (SSSR count). The zero-order valence-corrected chi connectivity index (χ0v) is 15.5. The number of nitrogens with one attached hydrogen (secondary N) is 1. The topological polar surface area (TPSA) is 58.1 Å². The van der Waals surface area contributed by atoms with Crippen molar-refractivity contribution in [2.75, 3.05) is 23.3 Å². The molecule has 24 heavy (non-hydrogen) atoms. The minimum atomic E-state index is -0.0492. The fourth-order valence-corrected chi connectivity index (χ4v) is 3.26. The minimum Gasteiger partial charge on any atom is -0.340 e. The van der Waals surface area contributed by atoms with Gasteiger partial charge >= 0.3 is 0 Å². The van der Waals surface area contributed by atoms with Crippen LogP contribution in [0.4, 0.5) is 11.6 Å². The highest BCUT2D eigenvalue weighted by molar-refractivity contribution is 9.10. The van der Waals surface area contributed by atoms with Crippen molar-refractivity contribution in [3.63, 3.8) is 0 Å². The van der Waals surface area contributed by atoms with E-state index in [1.54, 1.807) is 0 Å². The Morgan fingerprint density at radius 3 is 2.54 bits per heavy atom. The van der Waals surface area contributed by atoms with Crippen LogP contribution in [0.15, 0.2) is 34.8 Å². The fourth-order valence-electron chi connectivity index (χ4n) is 3.00. The molecular weight excluding hydrogens is 368 g/mol. The number of nitrogens with zero attached hydrogens (tertiary/aromatic N) is 3. The Morgan fingerprint density at radius 2 is 1.88 bits per heavy atom. The zero-order valence-electron chi connectivity index (χ0n) is 13.9. The van der Waals surface area contributed by atoms with Crippen LogP contribution >= 0.6 is 15.9 Å². The number of hydrogen-bond donors (Lipinski definition) is 1. The Labute approximate surface area is 150 Å². The first-order valence-corrected chi connectivity index (χ1v) is 8.94. The molecule has 1 atom stereocenters. The third-order valence-electron chi connectivity index (χ3n) is 4.16. The highest BCUT2D eigenvalue weighted by Crippen LogP contribution is 2.23. The average molecular weight is 389 g/mol. The summed E-state index contributed by atoms with van der Waals surface area (Å²) in [6.07, 6.45) is 1.86. The molecule has 0 aliphatic carbocycles. The molecule has 0 spiro atoms. The average Bonchev–Trinajstić information content (AvgIpc) is 2.56. The predicted octanol–water partition coefficient (Wildman–Crippen LogP) is 3.71. The number of aromatic nitrogens is 2. The van der Waals surface area contributed by atoms with E-state index in [-0.39, 0.29) is 11.8 Å². The second kappa shape index (κ2) is 7.30. The quantitative estimate of drug-likeness (QED) is 0.870. The van der Waals surface area contributed by atoms with E-state index in [0.717, 1.165) is 46.9 Å². The van der Waals surface area contributed by atoms with Crippen LogP contribution in [0.3, 0.4) is 0 Å². The van der Waals surface area contributed by atoms with E-state index in [1.165, 1.54) is 0 Å². The smallest absolute Gasteiger partial charge is 0.229 e. The zero-order chi connectivity index (χ0) is 17.1. The van der Waals surface area contributed by atoms with Crippen LogP contribution in [0.5, 0.6) is 0 Å². The van der Waals surface area contributed by atoms with Crippen molar-refractivity contribution in [2.24, 2.45) is 5.92 Å². The van der Waals surface area contributed by atoms with Gasteiger partial charge in [-0.25, -0.2) is 9.97 Å². The van der Waals surface area contributed by atoms with Gasteiger partial charge in [-0.2, -0.15) is 0 Å². The number of anilines is 2. The van der Waals surface area contributed by atoms with Crippen molar-refractivity contribution < 1.29 is 4.79 Å². The maximum absolute atomic E-state index is 12.6. The lowest BCUT2D eigenvalue weighted by atomic mass is 9.97. The van der Waals surface area contributed by atoms with E-state index in [1.807, 2.05) is 44.2 Å². The Balaban J connectivity index is 1.68. The van der Waals surface area contributed by atoms with Crippen molar-refractivity contribution in [1.29, 1.82) is 0 Å². The summed E-state index contributed by atoms with van der Waals surface area (Å²) in [6.45, 7) is 5.50. The van der Waals surface area contributed by atoms with Crippen molar-refractivity contribution in [1.82, 2.24) is 9.97 Å². The van der Waals surface area contributed by atoms with Gasteiger partial charge in [-0.1, -0.05) is 15.9 Å². The lowest BCUT2D eigenvalue weighted by molar-refractivity contribution is -0.120. The van der Waals surface area contributed by atoms with E-state index in [0.29, 0.717) is 6.54 Å². The third-order valence-corrected chi connectivity index (χ3v) is 4.69. The Kier molecular flexibility index (Phi) is 5.14. The molecule has 1 N–H and O–H groups in total. The lowest BCUT2D eigenvalue weighted by Gasteiger charge is -2.32. The molecule has 5 nitrogen and oxygen atoms in total. The number of aryl methyl sites for hydroxylation is 2. The standard InChI is InChI=1S/C18H21BrN4O/c1-12-10-13(2)21-18(20-12)23-9-3-4-14(11-23)17(24)22-16-7-5-15(19)6-8-16/h5-8,10,14H,3-4,9,11H2,1-2H3,(H,22,24)/t14-/m0/s1. The molecule has 2 heterocycles. The SMILES string of the molecule is Cc1cc(C)nc(N2CCC[C@H](C(=O)Nc3ccc(Br)cc3)C2)n1. The van der Waals surface area contributed by atoms with Gasteiger partial charge in [-0.05, 0) is 57.0 Å². The molecular formula is C18H21BrN4O. The number of carbonyl (C=O) groups is 1. The van der Waals surface area contributed by atoms with Gasteiger partial charge in [-0.3, -0.25) is 4.79 Å². The molecule has 1 aliphatic rings. The Bertz CT molecular complexity index is 712. The molecule has 0 unspecified atom stereocenters. The third kappa shape index (κ3) is 4.12. The van der Waals surface area contributed by atoms with Gasteiger partial charge in [0.15, 0.2) is 0 Å². The summed E-state index contributed by atoms with van der Waals surface area (Å²) in [4.78, 5) is 23.7. The molecule has 126 valence electrons. The largest absolute Gasteiger partial charge is 0.340 e. The summed E-state index contributed by atoms with van der Waals surface area (Å²) in [5.74, 6) is 0.742. The second-order valence-electron chi connectivity index (χ2n) is 6.23. The molecule has 1 aliphatic heterocycles. The summed E-state index contributed by atoms with van der Waals surface area (Å²) in [5.41, 5.74) is 2.74. The predicted molar refractivity (Wildman–Crippen MR) is 99.2 cm³/mol. The van der Waals surface area contributed by atoms with E-state index in [9.17, 15) is 4.79 Å². The van der Waals surface area contributed by atoms with Crippen molar-refractivity contribution in [2.45, 2.75) is 26.7 Å². The molecule has 0 bridgehead atoms. The molecule has 1 saturated heterocycles. The van der Waals surface area contributed by atoms with E-state index >= 15 is 0 Å². The van der Waals surface area contributed by atoms with Gasteiger partial charge in [0, 0.05) is 34.6 Å². The molecule has 0 radical (unpaired) electrons. The lowest BCUT2D eigenvalue weighted by Crippen LogP contribution is -2.41. The number of rotatable bonds is 3. The first-order valence-electron chi connectivity index (χ1n) is 8.15. The first kappa shape index (κ1) is 16.9. The van der Waals surface area contributed by atoms with Crippen LogP contribution in [-0.4, -0.2) is 29.0 Å². The van der Waals surface area contributed by atoms with E-state index < -0.39 is 0 Å². The highest BCUT2D eigenvalue weighted by atomic mass is 79.9. The summed E-state index contributed by atoms with van der Waals surface area (Å²) in [5, 5.41) is 3.01. The van der Waals surface area contributed by atoms with Crippen LogP contribution < -0.4 is 10.2 Å². The summed E-state index contributed by atoms with van der Waals surface area (Å²) < 4.78 is 0.997. The van der Waals surface area contributed by atoms with Crippen molar-refractivity contribution >= 4 is 33.5 Å². The number of carbonyl (C=O) groups excluding carboxylic acids is 1. The number of piperidine rings is 1. The number of amides is 1. The second-order valence-corrected chi connectivity index (χ2v) is 7.15. The molecule has 6 heteroatoms. The molecule has 1 amide bonds. The van der Waals surface area contributed by atoms with Gasteiger partial charge in [-0.15, -0.1) is 0 Å². The van der Waals surface area contributed by atoms with Gasteiger partial charge in [0.25, 0.3) is 0 Å². The van der Waals surface area contributed by atoms with Gasteiger partial charge < -0.3 is 10.2 Å². The maximum atomic E-state index is 12.6. The monoisotopic (exact) mass is 388 g/mol. The minimum absolute atomic E-state index is 0.0492. The summed E-state index contributed by atoms with van der Waals surface area (Å²) in [7, 11) is 0. The molecule has 2 aromatic rings. The number of hydrogen-bond acceptors (Lipinski definition) is 4. The molecule has 0 saturated carbocycles. The fraction of sp³-hybridized carbons (Fsp3) is 0.389. The maximum Gasteiger partial charge on any atom is 0.229 e. The summed E-state index contributed by atoms with van der Waals surface area (Å²) >= 11 is 3.40. The van der Waals surface area contributed by atoms with Crippen LogP contribution in [-0.2, 0) is 4.79 Å². The first-order chi connectivity index (χ1) is 11.5. The summed E-state index contributed by atoms with van der Waals surface area (Å²) in [6, 6.07) is 9.61. The molecule has 1 fully saturated rings. The number of halogens is 1. The Hall–Kier alpha value is -1.95.